The highest BCUT2D eigenvalue weighted by atomic mass is 16.4. The zero-order chi connectivity index (χ0) is 15.9. The zero-order valence-electron chi connectivity index (χ0n) is 13.4. The summed E-state index contributed by atoms with van der Waals surface area (Å²) in [6.07, 6.45) is 2.19. The van der Waals surface area contributed by atoms with Crippen molar-refractivity contribution in [3.8, 4) is 6.07 Å². The van der Waals surface area contributed by atoms with E-state index in [9.17, 15) is 10.1 Å². The quantitative estimate of drug-likeness (QED) is 0.836. The Morgan fingerprint density at radius 2 is 1.91 bits per heavy atom. The molecule has 1 saturated heterocycles. The molecule has 22 heavy (non-hydrogen) atoms. The van der Waals surface area contributed by atoms with Crippen molar-refractivity contribution in [2.24, 2.45) is 5.41 Å². The largest absolute Gasteiger partial charge is 0.423 e. The van der Waals surface area contributed by atoms with E-state index in [2.05, 4.69) is 11.1 Å². The minimum absolute atomic E-state index is 0.170. The standard InChI is InChI=1S/C16H22N4O2/c1-16(2,3)15(21)20-8-6-19(7-9-20)14-12(10-17)18-13(22-14)11-4-5-11/h11H,4-9H2,1-3H3. The molecule has 0 spiro atoms. The Balaban J connectivity index is 1.69. The molecule has 1 aliphatic carbocycles. The number of carbonyl (C=O) groups is 1. The SMILES string of the molecule is CC(C)(C)C(=O)N1CCN(c2oc(C3CC3)nc2C#N)CC1. The molecule has 1 saturated carbocycles. The number of oxazole rings is 1. The first-order chi connectivity index (χ1) is 10.4. The lowest BCUT2D eigenvalue weighted by Crippen LogP contribution is -2.51. The molecule has 0 atom stereocenters. The molecule has 1 aliphatic heterocycles. The minimum atomic E-state index is -0.356. The van der Waals surface area contributed by atoms with E-state index >= 15 is 0 Å². The van der Waals surface area contributed by atoms with Gasteiger partial charge in [0, 0.05) is 37.5 Å². The Morgan fingerprint density at radius 3 is 2.41 bits per heavy atom. The predicted octanol–water partition coefficient (Wildman–Crippen LogP) is 2.12. The number of carbonyl (C=O) groups excluding carboxylic acids is 1. The average Bonchev–Trinajstić information content (AvgIpc) is 3.25. The van der Waals surface area contributed by atoms with Crippen molar-refractivity contribution >= 4 is 11.8 Å². The van der Waals surface area contributed by atoms with Gasteiger partial charge in [0.15, 0.2) is 0 Å². The third kappa shape index (κ3) is 2.80. The zero-order valence-corrected chi connectivity index (χ0v) is 13.4. The van der Waals surface area contributed by atoms with Crippen LogP contribution in [0.4, 0.5) is 5.88 Å². The van der Waals surface area contributed by atoms with Crippen LogP contribution in [0.2, 0.25) is 0 Å². The molecule has 0 bridgehead atoms. The van der Waals surface area contributed by atoms with Crippen molar-refractivity contribution in [1.29, 1.82) is 5.26 Å². The highest BCUT2D eigenvalue weighted by Gasteiger charge is 2.34. The molecule has 2 fully saturated rings. The van der Waals surface area contributed by atoms with Gasteiger partial charge in [0.05, 0.1) is 0 Å². The van der Waals surface area contributed by atoms with Gasteiger partial charge in [-0.1, -0.05) is 20.8 Å². The molecule has 1 aromatic heterocycles. The maximum Gasteiger partial charge on any atom is 0.234 e. The van der Waals surface area contributed by atoms with Gasteiger partial charge in [-0.2, -0.15) is 5.26 Å². The van der Waals surface area contributed by atoms with Gasteiger partial charge in [-0.05, 0) is 12.8 Å². The van der Waals surface area contributed by atoms with E-state index in [-0.39, 0.29) is 11.3 Å². The van der Waals surface area contributed by atoms with Gasteiger partial charge < -0.3 is 14.2 Å². The molecule has 6 heteroatoms. The van der Waals surface area contributed by atoms with E-state index < -0.39 is 0 Å². The van der Waals surface area contributed by atoms with Gasteiger partial charge >= 0.3 is 0 Å². The van der Waals surface area contributed by atoms with Gasteiger partial charge in [0.25, 0.3) is 0 Å². The third-order valence-corrected chi connectivity index (χ3v) is 4.15. The number of nitrogens with zero attached hydrogens (tertiary/aromatic N) is 4. The second-order valence-electron chi connectivity index (χ2n) is 7.12. The maximum atomic E-state index is 12.3. The van der Waals surface area contributed by atoms with Crippen LogP contribution < -0.4 is 4.90 Å². The summed E-state index contributed by atoms with van der Waals surface area (Å²) in [6.45, 7) is 8.47. The van der Waals surface area contributed by atoms with Crippen LogP contribution in [-0.2, 0) is 4.79 Å². The van der Waals surface area contributed by atoms with Gasteiger partial charge in [0.2, 0.25) is 23.4 Å². The lowest BCUT2D eigenvalue weighted by Gasteiger charge is -2.37. The van der Waals surface area contributed by atoms with E-state index in [4.69, 9.17) is 4.42 Å². The van der Waals surface area contributed by atoms with Crippen molar-refractivity contribution < 1.29 is 9.21 Å². The number of amides is 1. The fraction of sp³-hybridized carbons (Fsp3) is 0.688. The average molecular weight is 302 g/mol. The topological polar surface area (TPSA) is 73.4 Å². The smallest absolute Gasteiger partial charge is 0.234 e. The highest BCUT2D eigenvalue weighted by molar-refractivity contribution is 5.81. The Morgan fingerprint density at radius 1 is 1.27 bits per heavy atom. The number of hydrogen-bond donors (Lipinski definition) is 0. The number of piperazine rings is 1. The van der Waals surface area contributed by atoms with Crippen molar-refractivity contribution in [1.82, 2.24) is 9.88 Å². The number of rotatable bonds is 2. The number of anilines is 1. The first-order valence-electron chi connectivity index (χ1n) is 7.85. The van der Waals surface area contributed by atoms with Gasteiger partial charge in [-0.3, -0.25) is 4.79 Å². The molecule has 0 N–H and O–H groups in total. The molecular weight excluding hydrogens is 280 g/mol. The van der Waals surface area contributed by atoms with Crippen LogP contribution in [0, 0.1) is 16.7 Å². The Hall–Kier alpha value is -2.03. The summed E-state index contributed by atoms with van der Waals surface area (Å²) in [5, 5.41) is 9.25. The monoisotopic (exact) mass is 302 g/mol. The van der Waals surface area contributed by atoms with Crippen molar-refractivity contribution in [2.75, 3.05) is 31.1 Å². The molecule has 1 amide bonds. The molecule has 0 radical (unpaired) electrons. The first kappa shape index (κ1) is 14.9. The third-order valence-electron chi connectivity index (χ3n) is 4.15. The molecule has 2 heterocycles. The molecular formula is C16H22N4O2. The van der Waals surface area contributed by atoms with Crippen LogP contribution in [0.5, 0.6) is 0 Å². The van der Waals surface area contributed by atoms with Gasteiger partial charge in [-0.15, -0.1) is 0 Å². The summed E-state index contributed by atoms with van der Waals surface area (Å²) in [7, 11) is 0. The lowest BCUT2D eigenvalue weighted by atomic mass is 9.94. The van der Waals surface area contributed by atoms with Crippen LogP contribution >= 0.6 is 0 Å². The predicted molar refractivity (Wildman–Crippen MR) is 81.4 cm³/mol. The van der Waals surface area contributed by atoms with E-state index in [1.54, 1.807) is 0 Å². The van der Waals surface area contributed by atoms with Crippen molar-refractivity contribution in [2.45, 2.75) is 39.5 Å². The Labute approximate surface area is 130 Å². The number of nitriles is 1. The van der Waals surface area contributed by atoms with E-state index in [1.807, 2.05) is 30.6 Å². The highest BCUT2D eigenvalue weighted by Crippen LogP contribution is 2.41. The molecule has 118 valence electrons. The molecule has 1 aromatic rings. The molecule has 0 aromatic carbocycles. The Bertz CT molecular complexity index is 611. The first-order valence-corrected chi connectivity index (χ1v) is 7.85. The van der Waals surface area contributed by atoms with Crippen LogP contribution in [-0.4, -0.2) is 42.0 Å². The lowest BCUT2D eigenvalue weighted by molar-refractivity contribution is -0.139. The Kier molecular flexibility index (Phi) is 3.59. The summed E-state index contributed by atoms with van der Waals surface area (Å²) >= 11 is 0. The van der Waals surface area contributed by atoms with Crippen molar-refractivity contribution in [3.63, 3.8) is 0 Å². The van der Waals surface area contributed by atoms with E-state index in [1.165, 1.54) is 0 Å². The maximum absolute atomic E-state index is 12.3. The van der Waals surface area contributed by atoms with Crippen LogP contribution in [0.1, 0.15) is 51.1 Å². The van der Waals surface area contributed by atoms with Crippen molar-refractivity contribution in [3.05, 3.63) is 11.6 Å². The van der Waals surface area contributed by atoms with E-state index in [0.29, 0.717) is 49.6 Å². The van der Waals surface area contributed by atoms with Crippen LogP contribution in [0.3, 0.4) is 0 Å². The summed E-state index contributed by atoms with van der Waals surface area (Å²) in [6, 6.07) is 2.13. The van der Waals surface area contributed by atoms with Gasteiger partial charge in [0.1, 0.15) is 6.07 Å². The molecule has 3 rings (SSSR count). The number of hydrogen-bond acceptors (Lipinski definition) is 5. The summed E-state index contributed by atoms with van der Waals surface area (Å²) in [4.78, 5) is 20.5. The second kappa shape index (κ2) is 5.31. The van der Waals surface area contributed by atoms with Crippen LogP contribution in [0.25, 0.3) is 0 Å². The molecule has 6 nitrogen and oxygen atoms in total. The second-order valence-corrected chi connectivity index (χ2v) is 7.12. The minimum Gasteiger partial charge on any atom is -0.423 e. The molecule has 0 unspecified atom stereocenters. The molecule has 2 aliphatic rings. The summed E-state index contributed by atoms with van der Waals surface area (Å²) < 4.78 is 5.82. The fourth-order valence-electron chi connectivity index (χ4n) is 2.71. The van der Waals surface area contributed by atoms with Crippen LogP contribution in [0.15, 0.2) is 4.42 Å². The van der Waals surface area contributed by atoms with E-state index in [0.717, 1.165) is 12.8 Å². The van der Waals surface area contributed by atoms with Gasteiger partial charge in [-0.25, -0.2) is 4.98 Å². The normalized spacial score (nSPS) is 19.2. The summed E-state index contributed by atoms with van der Waals surface area (Å²) in [5.74, 6) is 1.83. The number of aromatic nitrogens is 1. The fourth-order valence-corrected chi connectivity index (χ4v) is 2.71. The summed E-state index contributed by atoms with van der Waals surface area (Å²) in [5.41, 5.74) is 0.0169.